The first kappa shape index (κ1) is 18.5. The van der Waals surface area contributed by atoms with Crippen LogP contribution in [0.3, 0.4) is 0 Å². The topological polar surface area (TPSA) is 73.8 Å². The summed E-state index contributed by atoms with van der Waals surface area (Å²) >= 11 is 0. The Hall–Kier alpha value is -2.83. The Morgan fingerprint density at radius 2 is 1.93 bits per heavy atom. The molecule has 28 heavy (non-hydrogen) atoms. The van der Waals surface area contributed by atoms with Gasteiger partial charge in [0.1, 0.15) is 12.9 Å². The number of carbonyl (C=O) groups excluding carboxylic acids is 1. The number of piperidine rings is 1. The number of hydrogen-bond acceptors (Lipinski definition) is 6. The van der Waals surface area contributed by atoms with Crippen LogP contribution in [-0.4, -0.2) is 53.2 Å². The molecule has 148 valence electrons. The Kier molecular flexibility index (Phi) is 5.32. The second-order valence-corrected chi connectivity index (χ2v) is 7.33. The number of aryl methyl sites for hydroxylation is 1. The Bertz CT molecular complexity index is 849. The number of nitrogens with zero attached hydrogens (tertiary/aromatic N) is 3. The van der Waals surface area contributed by atoms with Crippen molar-refractivity contribution in [2.24, 2.45) is 5.92 Å². The van der Waals surface area contributed by atoms with E-state index in [0.29, 0.717) is 43.0 Å². The van der Waals surface area contributed by atoms with Gasteiger partial charge in [0.15, 0.2) is 11.5 Å². The first-order chi connectivity index (χ1) is 13.6. The molecule has 0 aliphatic carbocycles. The number of hydrogen-bond donors (Lipinski definition) is 0. The van der Waals surface area contributed by atoms with Crippen molar-refractivity contribution >= 4 is 5.91 Å². The summed E-state index contributed by atoms with van der Waals surface area (Å²) in [6.45, 7) is 6.19. The van der Waals surface area contributed by atoms with Crippen molar-refractivity contribution in [3.05, 3.63) is 41.9 Å². The molecule has 1 amide bonds. The first-order valence-corrected chi connectivity index (χ1v) is 9.70. The molecule has 7 heteroatoms. The summed E-state index contributed by atoms with van der Waals surface area (Å²) < 4.78 is 17.4. The third-order valence-corrected chi connectivity index (χ3v) is 5.46. The Morgan fingerprint density at radius 3 is 2.71 bits per heavy atom. The summed E-state index contributed by atoms with van der Waals surface area (Å²) in [5, 5.41) is 0. The Labute approximate surface area is 164 Å². The van der Waals surface area contributed by atoms with Gasteiger partial charge in [-0.3, -0.25) is 4.79 Å². The molecule has 0 radical (unpaired) electrons. The molecule has 0 bridgehead atoms. The van der Waals surface area contributed by atoms with E-state index in [4.69, 9.17) is 14.2 Å². The van der Waals surface area contributed by atoms with E-state index in [1.165, 1.54) is 6.33 Å². The van der Waals surface area contributed by atoms with Gasteiger partial charge in [-0.1, -0.05) is 12.1 Å². The van der Waals surface area contributed by atoms with Crippen LogP contribution >= 0.6 is 0 Å². The number of carbonyl (C=O) groups is 1. The van der Waals surface area contributed by atoms with Crippen LogP contribution < -0.4 is 14.2 Å². The molecule has 2 aliphatic rings. The molecule has 0 spiro atoms. The number of benzene rings is 1. The lowest BCUT2D eigenvalue weighted by Crippen LogP contribution is -2.49. The molecule has 7 nitrogen and oxygen atoms in total. The van der Waals surface area contributed by atoms with Crippen LogP contribution in [0.1, 0.15) is 24.1 Å². The summed E-state index contributed by atoms with van der Waals surface area (Å²) in [5.41, 5.74) is 1.91. The zero-order valence-corrected chi connectivity index (χ0v) is 16.3. The minimum atomic E-state index is -0.575. The number of amides is 1. The molecule has 1 unspecified atom stereocenters. The molecule has 1 aromatic carbocycles. The molecule has 1 aromatic heterocycles. The third kappa shape index (κ3) is 3.88. The van der Waals surface area contributed by atoms with Crippen molar-refractivity contribution in [1.29, 1.82) is 0 Å². The van der Waals surface area contributed by atoms with E-state index in [0.717, 1.165) is 24.1 Å². The van der Waals surface area contributed by atoms with Crippen molar-refractivity contribution in [2.75, 3.05) is 26.3 Å². The second-order valence-electron chi connectivity index (χ2n) is 7.33. The predicted octanol–water partition coefficient (Wildman–Crippen LogP) is 2.55. The summed E-state index contributed by atoms with van der Waals surface area (Å²) in [7, 11) is 0. The number of rotatable bonds is 4. The van der Waals surface area contributed by atoms with Crippen LogP contribution in [0.25, 0.3) is 0 Å². The van der Waals surface area contributed by atoms with Gasteiger partial charge in [-0.15, -0.1) is 0 Å². The zero-order valence-electron chi connectivity index (χ0n) is 16.3. The van der Waals surface area contributed by atoms with Crippen molar-refractivity contribution in [2.45, 2.75) is 32.8 Å². The van der Waals surface area contributed by atoms with Gasteiger partial charge in [-0.25, -0.2) is 9.97 Å². The average molecular weight is 383 g/mol. The largest absolute Gasteiger partial charge is 0.485 e. The van der Waals surface area contributed by atoms with Gasteiger partial charge in [-0.05, 0) is 44.7 Å². The molecule has 4 rings (SSSR count). The molecular weight excluding hydrogens is 358 g/mol. The van der Waals surface area contributed by atoms with Crippen molar-refractivity contribution in [3.8, 4) is 17.4 Å². The van der Waals surface area contributed by atoms with E-state index < -0.39 is 6.10 Å². The van der Waals surface area contributed by atoms with Crippen molar-refractivity contribution in [3.63, 3.8) is 0 Å². The van der Waals surface area contributed by atoms with Gasteiger partial charge < -0.3 is 19.1 Å². The Morgan fingerprint density at radius 1 is 1.18 bits per heavy atom. The smallest absolute Gasteiger partial charge is 0.267 e. The molecule has 3 heterocycles. The summed E-state index contributed by atoms with van der Waals surface area (Å²) in [6, 6.07) is 7.44. The van der Waals surface area contributed by atoms with E-state index in [-0.39, 0.29) is 12.5 Å². The fraction of sp³-hybridized carbons (Fsp3) is 0.476. The molecule has 1 fully saturated rings. The number of para-hydroxylation sites is 2. The van der Waals surface area contributed by atoms with Gasteiger partial charge >= 0.3 is 0 Å². The van der Waals surface area contributed by atoms with Crippen LogP contribution in [0.2, 0.25) is 0 Å². The van der Waals surface area contributed by atoms with Gasteiger partial charge in [-0.2, -0.15) is 0 Å². The normalized spacial score (nSPS) is 19.4. The van der Waals surface area contributed by atoms with Crippen LogP contribution in [0.15, 0.2) is 30.6 Å². The van der Waals surface area contributed by atoms with Crippen LogP contribution in [0.4, 0.5) is 0 Å². The van der Waals surface area contributed by atoms with Gasteiger partial charge in [0.05, 0.1) is 6.61 Å². The first-order valence-electron chi connectivity index (χ1n) is 9.70. The molecule has 1 atom stereocenters. The quantitative estimate of drug-likeness (QED) is 0.808. The van der Waals surface area contributed by atoms with E-state index in [2.05, 4.69) is 9.97 Å². The lowest BCUT2D eigenvalue weighted by molar-refractivity contribution is -0.142. The van der Waals surface area contributed by atoms with Gasteiger partial charge in [0, 0.05) is 24.3 Å². The fourth-order valence-electron chi connectivity index (χ4n) is 3.52. The number of fused-ring (bicyclic) bond motifs is 1. The van der Waals surface area contributed by atoms with E-state index in [9.17, 15) is 4.79 Å². The highest BCUT2D eigenvalue weighted by Gasteiger charge is 2.33. The third-order valence-electron chi connectivity index (χ3n) is 5.46. The molecule has 0 saturated carbocycles. The Balaban J connectivity index is 1.27. The van der Waals surface area contributed by atoms with Crippen LogP contribution in [-0.2, 0) is 4.79 Å². The molecular formula is C21H25N3O4. The minimum Gasteiger partial charge on any atom is -0.485 e. The maximum Gasteiger partial charge on any atom is 0.267 e. The zero-order chi connectivity index (χ0) is 19.5. The van der Waals surface area contributed by atoms with Crippen molar-refractivity contribution < 1.29 is 19.0 Å². The monoisotopic (exact) mass is 383 g/mol. The predicted molar refractivity (Wildman–Crippen MR) is 103 cm³/mol. The number of ether oxygens (including phenoxy) is 3. The van der Waals surface area contributed by atoms with Gasteiger partial charge in [0.25, 0.3) is 5.91 Å². The fourth-order valence-corrected chi connectivity index (χ4v) is 3.52. The van der Waals surface area contributed by atoms with Crippen LogP contribution in [0, 0.1) is 19.8 Å². The average Bonchev–Trinajstić information content (AvgIpc) is 2.74. The van der Waals surface area contributed by atoms with Crippen LogP contribution in [0.5, 0.6) is 17.4 Å². The van der Waals surface area contributed by atoms with Gasteiger partial charge in [0.2, 0.25) is 12.0 Å². The molecule has 2 aromatic rings. The molecule has 0 N–H and O–H groups in total. The summed E-state index contributed by atoms with van der Waals surface area (Å²) in [4.78, 5) is 23.1. The maximum absolute atomic E-state index is 12.8. The lowest BCUT2D eigenvalue weighted by Gasteiger charge is -2.35. The number of likely N-dealkylation sites (tertiary alicyclic amines) is 1. The highest BCUT2D eigenvalue weighted by atomic mass is 16.6. The summed E-state index contributed by atoms with van der Waals surface area (Å²) in [6.07, 6.45) is 2.76. The molecule has 2 aliphatic heterocycles. The number of aromatic nitrogens is 2. The summed E-state index contributed by atoms with van der Waals surface area (Å²) in [5.74, 6) is 2.38. The maximum atomic E-state index is 12.8. The standard InChI is InChI=1S/C21H25N3O4/c1-14-15(2)22-13-23-20(14)27-11-16-7-9-24(10-8-16)21(25)19-12-26-17-5-3-4-6-18(17)28-19/h3-6,13,16,19H,7-12H2,1-2H3. The SMILES string of the molecule is Cc1ncnc(OCC2CCN(C(=O)C3COc4ccccc4O3)CC2)c1C. The highest BCUT2D eigenvalue weighted by molar-refractivity contribution is 5.82. The highest BCUT2D eigenvalue weighted by Crippen LogP contribution is 2.31. The van der Waals surface area contributed by atoms with E-state index in [1.54, 1.807) is 0 Å². The second kappa shape index (κ2) is 8.04. The molecule has 1 saturated heterocycles. The van der Waals surface area contributed by atoms with E-state index in [1.807, 2.05) is 43.0 Å². The minimum absolute atomic E-state index is 0.00357. The van der Waals surface area contributed by atoms with E-state index >= 15 is 0 Å². The lowest BCUT2D eigenvalue weighted by atomic mass is 9.97. The van der Waals surface area contributed by atoms with Crippen molar-refractivity contribution in [1.82, 2.24) is 14.9 Å².